The number of ether oxygens (including phenoxy) is 6. The van der Waals surface area contributed by atoms with Gasteiger partial charge < -0.3 is 28.4 Å². The monoisotopic (exact) mass is 342 g/mol. The minimum Gasteiger partial charge on any atom is -0.496 e. The minimum atomic E-state index is -1.11. The Morgan fingerprint density at radius 2 is 1.71 bits per heavy atom. The van der Waals surface area contributed by atoms with Gasteiger partial charge >= 0.3 is 12.1 Å². The van der Waals surface area contributed by atoms with Gasteiger partial charge in [0.1, 0.15) is 17.9 Å². The molecule has 0 saturated heterocycles. The van der Waals surface area contributed by atoms with Crippen molar-refractivity contribution in [3.63, 3.8) is 0 Å². The highest BCUT2D eigenvalue weighted by molar-refractivity contribution is 5.92. The molecule has 0 amide bonds. The second-order valence-electron chi connectivity index (χ2n) is 4.49. The van der Waals surface area contributed by atoms with Crippen molar-refractivity contribution in [2.24, 2.45) is 0 Å². The van der Waals surface area contributed by atoms with Gasteiger partial charge in [0.15, 0.2) is 0 Å². The third kappa shape index (κ3) is 7.30. The van der Waals surface area contributed by atoms with Crippen molar-refractivity contribution in [2.75, 3.05) is 40.6 Å². The quantitative estimate of drug-likeness (QED) is 0.362. The number of rotatable bonds is 10. The molecule has 0 saturated carbocycles. The average molecular weight is 342 g/mol. The number of hydrogen-bond donors (Lipinski definition) is 0. The summed E-state index contributed by atoms with van der Waals surface area (Å²) < 4.78 is 29.6. The Labute approximate surface area is 140 Å². The van der Waals surface area contributed by atoms with Crippen LogP contribution in [0.3, 0.4) is 0 Å². The molecular formula is C16H22O8. The van der Waals surface area contributed by atoms with Crippen LogP contribution in [0.5, 0.6) is 5.75 Å². The van der Waals surface area contributed by atoms with Gasteiger partial charge in [-0.2, -0.15) is 0 Å². The number of para-hydroxylation sites is 1. The Balaban J connectivity index is 2.30. The maximum atomic E-state index is 12.0. The van der Waals surface area contributed by atoms with Gasteiger partial charge in [-0.25, -0.2) is 9.59 Å². The van der Waals surface area contributed by atoms with E-state index < -0.39 is 18.4 Å². The first-order chi connectivity index (χ1) is 11.6. The third-order valence-electron chi connectivity index (χ3n) is 2.74. The number of carbonyl (C=O) groups excluding carboxylic acids is 2. The molecule has 1 atom stereocenters. The molecule has 0 aliphatic rings. The van der Waals surface area contributed by atoms with Crippen molar-refractivity contribution < 1.29 is 38.0 Å². The van der Waals surface area contributed by atoms with Crippen molar-refractivity contribution in [3.8, 4) is 5.75 Å². The molecule has 1 unspecified atom stereocenters. The molecule has 0 fully saturated rings. The van der Waals surface area contributed by atoms with Gasteiger partial charge in [-0.3, -0.25) is 0 Å². The van der Waals surface area contributed by atoms with E-state index >= 15 is 0 Å². The molecule has 0 N–H and O–H groups in total. The fourth-order valence-electron chi connectivity index (χ4n) is 1.65. The van der Waals surface area contributed by atoms with E-state index in [0.717, 1.165) is 0 Å². The van der Waals surface area contributed by atoms with Gasteiger partial charge in [-0.1, -0.05) is 12.1 Å². The van der Waals surface area contributed by atoms with Crippen LogP contribution in [-0.4, -0.2) is 59.1 Å². The largest absolute Gasteiger partial charge is 0.511 e. The van der Waals surface area contributed by atoms with Crippen LogP contribution < -0.4 is 4.74 Å². The van der Waals surface area contributed by atoms with Gasteiger partial charge in [-0.05, 0) is 12.1 Å². The highest BCUT2D eigenvalue weighted by atomic mass is 16.8. The zero-order chi connectivity index (χ0) is 17.8. The normalized spacial score (nSPS) is 11.5. The van der Waals surface area contributed by atoms with E-state index in [1.807, 2.05) is 0 Å². The summed E-state index contributed by atoms with van der Waals surface area (Å²) in [4.78, 5) is 23.5. The second-order valence-corrected chi connectivity index (χ2v) is 4.49. The molecule has 8 heteroatoms. The van der Waals surface area contributed by atoms with Crippen molar-refractivity contribution in [3.05, 3.63) is 29.8 Å². The fourth-order valence-corrected chi connectivity index (χ4v) is 1.65. The molecule has 0 bridgehead atoms. The molecule has 24 heavy (non-hydrogen) atoms. The summed E-state index contributed by atoms with van der Waals surface area (Å²) in [5, 5.41) is 0. The molecule has 1 aromatic rings. The van der Waals surface area contributed by atoms with E-state index in [4.69, 9.17) is 28.4 Å². The first kappa shape index (κ1) is 19.7. The molecule has 0 aliphatic carbocycles. The lowest BCUT2D eigenvalue weighted by molar-refractivity contribution is -0.0851. The number of hydrogen-bond acceptors (Lipinski definition) is 8. The summed E-state index contributed by atoms with van der Waals surface area (Å²) in [6.07, 6.45) is -2.06. The minimum absolute atomic E-state index is 0.0235. The standard InChI is InChI=1S/C16H22O8/c1-12(24-16(18)22-11-10-21-9-8-19-2)23-15(17)13-6-4-5-7-14(13)20-3/h4-7,12H,8-11H2,1-3H3. The van der Waals surface area contributed by atoms with Gasteiger partial charge in [0.2, 0.25) is 6.29 Å². The fraction of sp³-hybridized carbons (Fsp3) is 0.500. The SMILES string of the molecule is COCCOCCOC(=O)OC(C)OC(=O)c1ccccc1OC. The first-order valence-corrected chi connectivity index (χ1v) is 7.32. The predicted octanol–water partition coefficient (Wildman–Crippen LogP) is 2.01. The molecule has 1 rings (SSSR count). The number of carbonyl (C=O) groups is 2. The molecule has 0 aromatic heterocycles. The van der Waals surface area contributed by atoms with E-state index in [9.17, 15) is 9.59 Å². The lowest BCUT2D eigenvalue weighted by atomic mass is 10.2. The summed E-state index contributed by atoms with van der Waals surface area (Å²) in [5.74, 6) is -0.305. The molecule has 1 aromatic carbocycles. The smallest absolute Gasteiger partial charge is 0.496 e. The summed E-state index contributed by atoms with van der Waals surface area (Å²) >= 11 is 0. The Kier molecular flexibility index (Phi) is 9.25. The topological polar surface area (TPSA) is 89.5 Å². The van der Waals surface area contributed by atoms with Crippen LogP contribution in [0.25, 0.3) is 0 Å². The van der Waals surface area contributed by atoms with E-state index in [0.29, 0.717) is 19.0 Å². The van der Waals surface area contributed by atoms with Gasteiger partial charge in [0, 0.05) is 14.0 Å². The zero-order valence-corrected chi connectivity index (χ0v) is 14.0. The highest BCUT2D eigenvalue weighted by Crippen LogP contribution is 2.19. The van der Waals surface area contributed by atoms with Crippen molar-refractivity contribution in [1.29, 1.82) is 0 Å². The van der Waals surface area contributed by atoms with Crippen LogP contribution in [0, 0.1) is 0 Å². The Bertz CT molecular complexity index is 517. The Morgan fingerprint density at radius 3 is 2.42 bits per heavy atom. The van der Waals surface area contributed by atoms with Gasteiger partial charge in [0.05, 0.1) is 26.9 Å². The predicted molar refractivity (Wildman–Crippen MR) is 83.0 cm³/mol. The Morgan fingerprint density at radius 1 is 1.00 bits per heavy atom. The van der Waals surface area contributed by atoms with Crippen LogP contribution in [0.15, 0.2) is 24.3 Å². The molecule has 0 aliphatic heterocycles. The van der Waals surface area contributed by atoms with Crippen molar-refractivity contribution in [2.45, 2.75) is 13.2 Å². The lowest BCUT2D eigenvalue weighted by Gasteiger charge is -2.15. The number of methoxy groups -OCH3 is 2. The van der Waals surface area contributed by atoms with E-state index in [1.165, 1.54) is 14.0 Å². The van der Waals surface area contributed by atoms with Crippen LogP contribution in [-0.2, 0) is 23.7 Å². The van der Waals surface area contributed by atoms with Crippen LogP contribution >= 0.6 is 0 Å². The summed E-state index contributed by atoms with van der Waals surface area (Å²) in [6.45, 7) is 2.51. The summed E-state index contributed by atoms with van der Waals surface area (Å²) in [7, 11) is 3.00. The molecule has 8 nitrogen and oxygen atoms in total. The molecule has 0 heterocycles. The summed E-state index contributed by atoms with van der Waals surface area (Å²) in [6, 6.07) is 6.56. The van der Waals surface area contributed by atoms with Gasteiger partial charge in [-0.15, -0.1) is 0 Å². The first-order valence-electron chi connectivity index (χ1n) is 7.32. The number of benzene rings is 1. The van der Waals surface area contributed by atoms with E-state index in [-0.39, 0.29) is 18.8 Å². The van der Waals surface area contributed by atoms with Gasteiger partial charge in [0.25, 0.3) is 0 Å². The Hall–Kier alpha value is -2.32. The molecule has 134 valence electrons. The molecule has 0 radical (unpaired) electrons. The van der Waals surface area contributed by atoms with Crippen molar-refractivity contribution >= 4 is 12.1 Å². The average Bonchev–Trinajstić information content (AvgIpc) is 2.57. The van der Waals surface area contributed by atoms with E-state index in [1.54, 1.807) is 31.4 Å². The third-order valence-corrected chi connectivity index (χ3v) is 2.74. The van der Waals surface area contributed by atoms with E-state index in [2.05, 4.69) is 0 Å². The highest BCUT2D eigenvalue weighted by Gasteiger charge is 2.19. The zero-order valence-electron chi connectivity index (χ0n) is 14.0. The lowest BCUT2D eigenvalue weighted by Crippen LogP contribution is -2.23. The molecular weight excluding hydrogens is 320 g/mol. The molecule has 0 spiro atoms. The number of esters is 1. The maximum absolute atomic E-state index is 12.0. The van der Waals surface area contributed by atoms with Crippen LogP contribution in [0.2, 0.25) is 0 Å². The summed E-state index contributed by atoms with van der Waals surface area (Å²) in [5.41, 5.74) is 0.232. The van der Waals surface area contributed by atoms with Crippen molar-refractivity contribution in [1.82, 2.24) is 0 Å². The van der Waals surface area contributed by atoms with Crippen LogP contribution in [0.4, 0.5) is 4.79 Å². The second kappa shape index (κ2) is 11.3. The van der Waals surface area contributed by atoms with Crippen LogP contribution in [0.1, 0.15) is 17.3 Å². The maximum Gasteiger partial charge on any atom is 0.511 e.